The van der Waals surface area contributed by atoms with Crippen LogP contribution >= 0.6 is 0 Å². The highest BCUT2D eigenvalue weighted by atomic mass is 32.2. The van der Waals surface area contributed by atoms with E-state index in [2.05, 4.69) is 10.6 Å². The molecule has 154 valence electrons. The van der Waals surface area contributed by atoms with Gasteiger partial charge in [0.05, 0.1) is 18.1 Å². The van der Waals surface area contributed by atoms with Crippen LogP contribution in [0, 0.1) is 0 Å². The van der Waals surface area contributed by atoms with E-state index in [1.54, 1.807) is 24.3 Å². The van der Waals surface area contributed by atoms with E-state index in [9.17, 15) is 18.0 Å². The van der Waals surface area contributed by atoms with E-state index in [-0.39, 0.29) is 10.9 Å². The molecule has 1 aliphatic heterocycles. The lowest BCUT2D eigenvalue weighted by Crippen LogP contribution is -2.44. The van der Waals surface area contributed by atoms with Gasteiger partial charge in [-0.25, -0.2) is 8.42 Å². The van der Waals surface area contributed by atoms with Crippen LogP contribution in [0.4, 0.5) is 0 Å². The number of nitrogens with zero attached hydrogens (tertiary/aromatic N) is 1. The average Bonchev–Trinajstić information content (AvgIpc) is 3.22. The SMILES string of the molecule is O=C(NCCc1ccc(S(=O)(=O)N2CCOCC2)cc1)C(=O)NC1CCCC1. The van der Waals surface area contributed by atoms with Crippen molar-refractivity contribution in [3.05, 3.63) is 29.8 Å². The van der Waals surface area contributed by atoms with Crippen molar-refractivity contribution in [1.82, 2.24) is 14.9 Å². The number of amides is 2. The zero-order valence-electron chi connectivity index (χ0n) is 15.9. The molecule has 2 fully saturated rings. The first-order valence-electron chi connectivity index (χ1n) is 9.72. The van der Waals surface area contributed by atoms with E-state index in [1.165, 1.54) is 4.31 Å². The normalized spacial score (nSPS) is 18.7. The van der Waals surface area contributed by atoms with Crippen molar-refractivity contribution in [1.29, 1.82) is 0 Å². The molecule has 1 aromatic rings. The van der Waals surface area contributed by atoms with Gasteiger partial charge < -0.3 is 15.4 Å². The van der Waals surface area contributed by atoms with Crippen LogP contribution < -0.4 is 10.6 Å². The number of carbonyl (C=O) groups excluding carboxylic acids is 2. The van der Waals surface area contributed by atoms with Gasteiger partial charge in [-0.3, -0.25) is 9.59 Å². The van der Waals surface area contributed by atoms with Gasteiger partial charge in [0, 0.05) is 25.7 Å². The lowest BCUT2D eigenvalue weighted by molar-refractivity contribution is -0.139. The molecule has 0 spiro atoms. The van der Waals surface area contributed by atoms with Crippen molar-refractivity contribution in [2.45, 2.75) is 43.0 Å². The Bertz CT molecular complexity index is 782. The van der Waals surface area contributed by atoms with Crippen molar-refractivity contribution in [3.63, 3.8) is 0 Å². The molecule has 3 rings (SSSR count). The Hall–Kier alpha value is -1.97. The van der Waals surface area contributed by atoms with E-state index in [1.807, 2.05) is 0 Å². The monoisotopic (exact) mass is 409 g/mol. The molecule has 0 atom stereocenters. The Labute approximate surface area is 165 Å². The smallest absolute Gasteiger partial charge is 0.309 e. The van der Waals surface area contributed by atoms with Gasteiger partial charge >= 0.3 is 11.8 Å². The van der Waals surface area contributed by atoms with Crippen LogP contribution in [0.5, 0.6) is 0 Å². The summed E-state index contributed by atoms with van der Waals surface area (Å²) < 4.78 is 31.8. The van der Waals surface area contributed by atoms with Crippen LogP contribution in [0.2, 0.25) is 0 Å². The van der Waals surface area contributed by atoms with Crippen LogP contribution in [0.3, 0.4) is 0 Å². The molecule has 2 amide bonds. The van der Waals surface area contributed by atoms with Gasteiger partial charge in [0.1, 0.15) is 0 Å². The summed E-state index contributed by atoms with van der Waals surface area (Å²) >= 11 is 0. The fraction of sp³-hybridized carbons (Fsp3) is 0.579. The number of ether oxygens (including phenoxy) is 1. The van der Waals surface area contributed by atoms with E-state index in [0.29, 0.717) is 39.3 Å². The number of hydrogen-bond donors (Lipinski definition) is 2. The minimum absolute atomic E-state index is 0.110. The first-order chi connectivity index (χ1) is 13.5. The van der Waals surface area contributed by atoms with Gasteiger partial charge in [0.15, 0.2) is 0 Å². The molecule has 1 heterocycles. The maximum absolute atomic E-state index is 12.6. The minimum Gasteiger partial charge on any atom is -0.379 e. The number of hydrogen-bond acceptors (Lipinski definition) is 5. The Morgan fingerprint density at radius 2 is 1.68 bits per heavy atom. The van der Waals surface area contributed by atoms with Gasteiger partial charge in [0.25, 0.3) is 0 Å². The van der Waals surface area contributed by atoms with Crippen LogP contribution in [0.1, 0.15) is 31.2 Å². The van der Waals surface area contributed by atoms with Crippen molar-refractivity contribution < 1.29 is 22.7 Å². The number of carbonyl (C=O) groups is 2. The third kappa shape index (κ3) is 5.30. The molecule has 1 saturated heterocycles. The second kappa shape index (κ2) is 9.49. The Morgan fingerprint density at radius 3 is 2.32 bits per heavy atom. The van der Waals surface area contributed by atoms with E-state index < -0.39 is 21.8 Å². The lowest BCUT2D eigenvalue weighted by atomic mass is 10.1. The van der Waals surface area contributed by atoms with Gasteiger partial charge in [0.2, 0.25) is 10.0 Å². The average molecular weight is 410 g/mol. The van der Waals surface area contributed by atoms with Gasteiger partial charge in [-0.2, -0.15) is 4.31 Å². The summed E-state index contributed by atoms with van der Waals surface area (Å²) in [6.07, 6.45) is 4.55. The molecule has 2 N–H and O–H groups in total. The Balaban J connectivity index is 1.46. The molecule has 0 radical (unpaired) electrons. The zero-order chi connectivity index (χ0) is 20.0. The van der Waals surface area contributed by atoms with Crippen LogP contribution in [0.15, 0.2) is 29.2 Å². The Morgan fingerprint density at radius 1 is 1.04 bits per heavy atom. The summed E-state index contributed by atoms with van der Waals surface area (Å²) in [5.41, 5.74) is 0.887. The predicted molar refractivity (Wildman–Crippen MR) is 103 cm³/mol. The molecule has 9 heteroatoms. The van der Waals surface area contributed by atoms with Crippen LogP contribution in [0.25, 0.3) is 0 Å². The number of benzene rings is 1. The molecule has 0 unspecified atom stereocenters. The minimum atomic E-state index is -3.50. The first-order valence-corrected chi connectivity index (χ1v) is 11.2. The molecule has 0 bridgehead atoms. The van der Waals surface area contributed by atoms with E-state index in [4.69, 9.17) is 4.74 Å². The second-order valence-electron chi connectivity index (χ2n) is 7.12. The van der Waals surface area contributed by atoms with Crippen LogP contribution in [-0.2, 0) is 30.8 Å². The fourth-order valence-corrected chi connectivity index (χ4v) is 4.89. The van der Waals surface area contributed by atoms with Gasteiger partial charge in [-0.15, -0.1) is 0 Å². The molecule has 1 aromatic carbocycles. The summed E-state index contributed by atoms with van der Waals surface area (Å²) in [6.45, 7) is 1.85. The quantitative estimate of drug-likeness (QED) is 0.663. The lowest BCUT2D eigenvalue weighted by Gasteiger charge is -2.26. The summed E-state index contributed by atoms with van der Waals surface area (Å²) in [5, 5.41) is 5.36. The molecule has 2 aliphatic rings. The van der Waals surface area contributed by atoms with E-state index >= 15 is 0 Å². The number of rotatable bonds is 6. The highest BCUT2D eigenvalue weighted by Crippen LogP contribution is 2.18. The summed E-state index contributed by atoms with van der Waals surface area (Å²) in [7, 11) is -3.50. The number of nitrogens with one attached hydrogen (secondary N) is 2. The summed E-state index contributed by atoms with van der Waals surface area (Å²) in [4.78, 5) is 24.0. The Kier molecular flexibility index (Phi) is 7.03. The second-order valence-corrected chi connectivity index (χ2v) is 9.06. The highest BCUT2D eigenvalue weighted by molar-refractivity contribution is 7.89. The largest absolute Gasteiger partial charge is 0.379 e. The summed E-state index contributed by atoms with van der Waals surface area (Å²) in [6, 6.07) is 6.74. The first kappa shape index (κ1) is 20.8. The summed E-state index contributed by atoms with van der Waals surface area (Å²) in [5.74, 6) is -1.21. The molecule has 1 saturated carbocycles. The van der Waals surface area contributed by atoms with Crippen LogP contribution in [-0.4, -0.2) is 63.4 Å². The molecule has 1 aliphatic carbocycles. The molecule has 0 aromatic heterocycles. The van der Waals surface area contributed by atoms with Crippen molar-refractivity contribution in [2.24, 2.45) is 0 Å². The maximum Gasteiger partial charge on any atom is 0.309 e. The predicted octanol–water partition coefficient (Wildman–Crippen LogP) is 0.425. The highest BCUT2D eigenvalue weighted by Gasteiger charge is 2.26. The van der Waals surface area contributed by atoms with Crippen molar-refractivity contribution in [3.8, 4) is 0 Å². The topological polar surface area (TPSA) is 105 Å². The fourth-order valence-electron chi connectivity index (χ4n) is 3.49. The van der Waals surface area contributed by atoms with Crippen molar-refractivity contribution >= 4 is 21.8 Å². The molecular formula is C19H27N3O5S. The maximum atomic E-state index is 12.6. The zero-order valence-corrected chi connectivity index (χ0v) is 16.7. The van der Waals surface area contributed by atoms with Gasteiger partial charge in [-0.1, -0.05) is 25.0 Å². The molecule has 28 heavy (non-hydrogen) atoms. The van der Waals surface area contributed by atoms with Crippen molar-refractivity contribution in [2.75, 3.05) is 32.8 Å². The third-order valence-electron chi connectivity index (χ3n) is 5.13. The number of sulfonamides is 1. The van der Waals surface area contributed by atoms with E-state index in [0.717, 1.165) is 31.2 Å². The third-order valence-corrected chi connectivity index (χ3v) is 7.04. The molecular weight excluding hydrogens is 382 g/mol. The standard InChI is InChI=1S/C19H27N3O5S/c23-18(19(24)21-16-3-1-2-4-16)20-10-9-15-5-7-17(8-6-15)28(25,26)22-11-13-27-14-12-22/h5-8,16H,1-4,9-14H2,(H,20,23)(H,21,24). The van der Waals surface area contributed by atoms with Gasteiger partial charge in [-0.05, 0) is 37.0 Å². The molecule has 8 nitrogen and oxygen atoms in total. The number of morpholine rings is 1.